The first kappa shape index (κ1) is 13.5. The zero-order chi connectivity index (χ0) is 13.3. The lowest BCUT2D eigenvalue weighted by Crippen LogP contribution is -2.51. The van der Waals surface area contributed by atoms with Gasteiger partial charge < -0.3 is 14.7 Å². The molecule has 1 aromatic rings. The van der Waals surface area contributed by atoms with Gasteiger partial charge in [0.1, 0.15) is 12.6 Å². The topological polar surface area (TPSA) is 66.8 Å². The number of likely N-dealkylation sites (N-methyl/N-ethyl adjacent to an activating group) is 1. The highest BCUT2D eigenvalue weighted by Gasteiger charge is 2.41. The van der Waals surface area contributed by atoms with Gasteiger partial charge in [0.05, 0.1) is 3.79 Å². The number of hydrogen-bond donors (Lipinski definition) is 1. The number of aliphatic carboxylic acids is 1. The summed E-state index contributed by atoms with van der Waals surface area (Å²) in [5.41, 5.74) is 0. The molecule has 7 heteroatoms. The maximum atomic E-state index is 11.8. The summed E-state index contributed by atoms with van der Waals surface area (Å²) < 4.78 is 6.06. The predicted molar refractivity (Wildman–Crippen MR) is 69.5 cm³/mol. The monoisotopic (exact) mass is 333 g/mol. The van der Waals surface area contributed by atoms with Crippen LogP contribution in [-0.4, -0.2) is 41.1 Å². The molecule has 1 amide bonds. The molecule has 1 fully saturated rings. The smallest absolute Gasteiger partial charge is 0.335 e. The number of hydrogen-bond acceptors (Lipinski definition) is 4. The minimum absolute atomic E-state index is 0.173. The number of carbonyl (C=O) groups excluding carboxylic acids is 1. The molecule has 5 nitrogen and oxygen atoms in total. The molecule has 1 aliphatic heterocycles. The van der Waals surface area contributed by atoms with Crippen LogP contribution in [0.15, 0.2) is 15.9 Å². The second-order valence-corrected chi connectivity index (χ2v) is 6.33. The first-order valence-corrected chi connectivity index (χ1v) is 7.04. The van der Waals surface area contributed by atoms with Gasteiger partial charge in [-0.1, -0.05) is 0 Å². The number of carboxylic acid groups (broad SMARTS) is 1. The van der Waals surface area contributed by atoms with Crippen molar-refractivity contribution in [3.8, 4) is 0 Å². The van der Waals surface area contributed by atoms with E-state index < -0.39 is 18.1 Å². The van der Waals surface area contributed by atoms with Gasteiger partial charge in [0.2, 0.25) is 5.91 Å². The Bertz CT molecular complexity index is 473. The Balaban J connectivity index is 2.39. The van der Waals surface area contributed by atoms with Crippen LogP contribution in [0.25, 0.3) is 0 Å². The van der Waals surface area contributed by atoms with Gasteiger partial charge in [-0.15, -0.1) is 11.3 Å². The maximum Gasteiger partial charge on any atom is 0.335 e. The highest BCUT2D eigenvalue weighted by molar-refractivity contribution is 9.11. The molecule has 2 rings (SSSR count). The first-order valence-electron chi connectivity index (χ1n) is 5.43. The van der Waals surface area contributed by atoms with Crippen LogP contribution in [0, 0.1) is 0 Å². The molecule has 1 aromatic heterocycles. The molecule has 0 radical (unpaired) electrons. The molecule has 0 bridgehead atoms. The standard InChI is InChI=1S/C11H12BrNO4S/c1-2-13-8(14)5-17-10(11(15)16)9(13)6-3-4-7(12)18-6/h3-4,9-10H,2,5H2,1H3,(H,15,16). The number of carbonyl (C=O) groups is 2. The highest BCUT2D eigenvalue weighted by Crippen LogP contribution is 2.36. The van der Waals surface area contributed by atoms with Crippen LogP contribution in [0.2, 0.25) is 0 Å². The van der Waals surface area contributed by atoms with E-state index in [2.05, 4.69) is 15.9 Å². The molecule has 2 atom stereocenters. The molecular formula is C11H12BrNO4S. The van der Waals surface area contributed by atoms with Crippen molar-refractivity contribution < 1.29 is 19.4 Å². The van der Waals surface area contributed by atoms with Crippen LogP contribution in [0.5, 0.6) is 0 Å². The molecule has 0 spiro atoms. The maximum absolute atomic E-state index is 11.8. The molecule has 2 heterocycles. The Labute approximate surface area is 116 Å². The summed E-state index contributed by atoms with van der Waals surface area (Å²) in [5.74, 6) is -1.22. The summed E-state index contributed by atoms with van der Waals surface area (Å²) in [6.45, 7) is 2.12. The Hall–Kier alpha value is -0.920. The van der Waals surface area contributed by atoms with Gasteiger partial charge in [-0.3, -0.25) is 4.79 Å². The number of morpholine rings is 1. The third kappa shape index (κ3) is 2.43. The summed E-state index contributed by atoms with van der Waals surface area (Å²) in [7, 11) is 0. The third-order valence-electron chi connectivity index (χ3n) is 2.80. The van der Waals surface area contributed by atoms with Gasteiger partial charge in [-0.25, -0.2) is 4.79 Å². The van der Waals surface area contributed by atoms with Crippen molar-refractivity contribution in [2.24, 2.45) is 0 Å². The average molecular weight is 334 g/mol. The molecule has 1 aliphatic rings. The van der Waals surface area contributed by atoms with Crippen molar-refractivity contribution in [3.05, 3.63) is 20.8 Å². The molecule has 0 saturated carbocycles. The molecule has 0 aromatic carbocycles. The van der Waals surface area contributed by atoms with Crippen LogP contribution in [0.4, 0.5) is 0 Å². The van der Waals surface area contributed by atoms with Gasteiger partial charge in [-0.05, 0) is 35.0 Å². The lowest BCUT2D eigenvalue weighted by atomic mass is 10.1. The van der Waals surface area contributed by atoms with E-state index in [0.29, 0.717) is 6.54 Å². The van der Waals surface area contributed by atoms with Crippen molar-refractivity contribution in [2.45, 2.75) is 19.1 Å². The molecule has 1 saturated heterocycles. The fourth-order valence-corrected chi connectivity index (χ4v) is 3.58. The fraction of sp³-hybridized carbons (Fsp3) is 0.455. The lowest BCUT2D eigenvalue weighted by Gasteiger charge is -2.38. The van der Waals surface area contributed by atoms with Gasteiger partial charge in [0, 0.05) is 11.4 Å². The molecule has 18 heavy (non-hydrogen) atoms. The van der Waals surface area contributed by atoms with E-state index in [1.54, 1.807) is 4.90 Å². The van der Waals surface area contributed by atoms with Crippen molar-refractivity contribution in [1.82, 2.24) is 4.90 Å². The number of thiophene rings is 1. The SMILES string of the molecule is CCN1C(=O)COC(C(=O)O)C1c1ccc(Br)s1. The van der Waals surface area contributed by atoms with Gasteiger partial charge >= 0.3 is 5.97 Å². The predicted octanol–water partition coefficient (Wildman–Crippen LogP) is 1.88. The highest BCUT2D eigenvalue weighted by atomic mass is 79.9. The fourth-order valence-electron chi connectivity index (χ4n) is 2.02. The average Bonchev–Trinajstić information content (AvgIpc) is 2.74. The van der Waals surface area contributed by atoms with Crippen molar-refractivity contribution in [1.29, 1.82) is 0 Å². The van der Waals surface area contributed by atoms with Crippen LogP contribution in [0.3, 0.4) is 0 Å². The largest absolute Gasteiger partial charge is 0.479 e. The van der Waals surface area contributed by atoms with E-state index in [1.807, 2.05) is 19.1 Å². The van der Waals surface area contributed by atoms with E-state index >= 15 is 0 Å². The minimum atomic E-state index is -1.05. The van der Waals surface area contributed by atoms with Gasteiger partial charge in [-0.2, -0.15) is 0 Å². The van der Waals surface area contributed by atoms with Gasteiger partial charge in [0.25, 0.3) is 0 Å². The van der Waals surface area contributed by atoms with Crippen LogP contribution < -0.4 is 0 Å². The molecule has 0 aliphatic carbocycles. The second kappa shape index (κ2) is 5.38. The molecule has 1 N–H and O–H groups in total. The number of ether oxygens (including phenoxy) is 1. The second-order valence-electron chi connectivity index (χ2n) is 3.84. The summed E-state index contributed by atoms with van der Waals surface area (Å²) in [6.07, 6.45) is -1.01. The summed E-state index contributed by atoms with van der Waals surface area (Å²) in [6, 6.07) is 3.11. The first-order chi connectivity index (χ1) is 8.54. The lowest BCUT2D eigenvalue weighted by molar-refractivity contribution is -0.172. The van der Waals surface area contributed by atoms with Crippen LogP contribution >= 0.6 is 27.3 Å². The van der Waals surface area contributed by atoms with E-state index in [4.69, 9.17) is 4.74 Å². The number of rotatable bonds is 3. The Kier molecular flexibility index (Phi) is 4.04. The zero-order valence-electron chi connectivity index (χ0n) is 9.63. The number of carboxylic acids is 1. The summed E-state index contributed by atoms with van der Waals surface area (Å²) >= 11 is 4.76. The van der Waals surface area contributed by atoms with Crippen molar-refractivity contribution in [3.63, 3.8) is 0 Å². The van der Waals surface area contributed by atoms with E-state index in [-0.39, 0.29) is 12.5 Å². The van der Waals surface area contributed by atoms with Crippen LogP contribution in [0.1, 0.15) is 17.8 Å². The number of nitrogens with zero attached hydrogens (tertiary/aromatic N) is 1. The van der Waals surface area contributed by atoms with Crippen molar-refractivity contribution in [2.75, 3.05) is 13.2 Å². The molecule has 98 valence electrons. The van der Waals surface area contributed by atoms with E-state index in [9.17, 15) is 14.7 Å². The normalized spacial score (nSPS) is 24.3. The van der Waals surface area contributed by atoms with Gasteiger partial charge in [0.15, 0.2) is 6.10 Å². The summed E-state index contributed by atoms with van der Waals surface area (Å²) in [5, 5.41) is 9.21. The number of halogens is 1. The Morgan fingerprint density at radius 3 is 2.89 bits per heavy atom. The Morgan fingerprint density at radius 2 is 2.39 bits per heavy atom. The molecular weight excluding hydrogens is 322 g/mol. The number of amides is 1. The molecule has 2 unspecified atom stereocenters. The van der Waals surface area contributed by atoms with Crippen molar-refractivity contribution >= 4 is 39.1 Å². The van der Waals surface area contributed by atoms with E-state index in [0.717, 1.165) is 8.66 Å². The Morgan fingerprint density at radius 1 is 1.67 bits per heavy atom. The van der Waals surface area contributed by atoms with Crippen LogP contribution in [-0.2, 0) is 14.3 Å². The van der Waals surface area contributed by atoms with E-state index in [1.165, 1.54) is 11.3 Å². The summed E-state index contributed by atoms with van der Waals surface area (Å²) in [4.78, 5) is 25.4. The zero-order valence-corrected chi connectivity index (χ0v) is 12.0. The quantitative estimate of drug-likeness (QED) is 0.917. The minimum Gasteiger partial charge on any atom is -0.479 e. The third-order valence-corrected chi connectivity index (χ3v) is 4.49.